The molecule has 0 radical (unpaired) electrons. The summed E-state index contributed by atoms with van der Waals surface area (Å²) >= 11 is 3.06. The van der Waals surface area contributed by atoms with Crippen molar-refractivity contribution in [2.75, 3.05) is 0 Å². The summed E-state index contributed by atoms with van der Waals surface area (Å²) in [5, 5.41) is 12.5. The van der Waals surface area contributed by atoms with Crippen LogP contribution in [0.4, 0.5) is 5.69 Å². The van der Waals surface area contributed by atoms with Gasteiger partial charge in [-0.15, -0.1) is 0 Å². The second-order valence-corrected chi connectivity index (χ2v) is 9.98. The predicted octanol–water partition coefficient (Wildman–Crippen LogP) is 9.70. The Hall–Kier alpha value is -2.64. The maximum atomic E-state index is 10.7. The Labute approximate surface area is 211 Å². The lowest BCUT2D eigenvalue weighted by Crippen LogP contribution is -1.86. The van der Waals surface area contributed by atoms with Crippen LogP contribution in [0.25, 0.3) is 30.8 Å². The number of fused-ring (bicyclic) bond motifs is 1. The molecule has 0 aliphatic rings. The van der Waals surface area contributed by atoms with Crippen LogP contribution in [0, 0.1) is 17.0 Å². The van der Waals surface area contributed by atoms with Gasteiger partial charge in [0, 0.05) is 23.3 Å². The molecule has 34 heavy (non-hydrogen) atoms. The molecule has 0 saturated carbocycles. The number of hydrogen-bond donors (Lipinski definition) is 0. The molecular weight excluding hydrogens is 462 g/mol. The van der Waals surface area contributed by atoms with Crippen molar-refractivity contribution in [3.63, 3.8) is 0 Å². The molecule has 0 bridgehead atoms. The molecule has 0 fully saturated rings. The molecule has 7 heteroatoms. The van der Waals surface area contributed by atoms with Crippen molar-refractivity contribution in [3.8, 4) is 21.1 Å². The molecule has 0 aliphatic carbocycles. The molecular formula is C27H35N3O2S2. The predicted molar refractivity (Wildman–Crippen MR) is 148 cm³/mol. The molecule has 0 atom stereocenters. The molecule has 0 spiro atoms. The summed E-state index contributed by atoms with van der Waals surface area (Å²) in [5.41, 5.74) is 3.26. The first-order valence-corrected chi connectivity index (χ1v) is 13.7. The molecule has 2 heterocycles. The summed E-state index contributed by atoms with van der Waals surface area (Å²) in [7, 11) is 0. The van der Waals surface area contributed by atoms with Gasteiger partial charge in [-0.3, -0.25) is 10.1 Å². The van der Waals surface area contributed by atoms with E-state index in [9.17, 15) is 10.1 Å². The molecule has 0 saturated heterocycles. The number of hydrogen-bond acceptors (Lipinski definition) is 6. The van der Waals surface area contributed by atoms with Crippen LogP contribution in [0.2, 0.25) is 0 Å². The van der Waals surface area contributed by atoms with Gasteiger partial charge in [-0.25, -0.2) is 9.97 Å². The Bertz CT molecular complexity index is 1090. The monoisotopic (exact) mass is 497 g/mol. The quantitative estimate of drug-likeness (QED) is 0.188. The number of rotatable bonds is 7. The van der Waals surface area contributed by atoms with E-state index in [1.807, 2.05) is 0 Å². The molecule has 182 valence electrons. The van der Waals surface area contributed by atoms with Crippen molar-refractivity contribution in [3.05, 3.63) is 64.2 Å². The number of nitro benzene ring substituents is 1. The molecule has 0 unspecified atom stereocenters. The van der Waals surface area contributed by atoms with Gasteiger partial charge in [-0.1, -0.05) is 119 Å². The summed E-state index contributed by atoms with van der Waals surface area (Å²) in [5.74, 6) is 0. The van der Waals surface area contributed by atoms with Crippen LogP contribution in [0.1, 0.15) is 71.8 Å². The average molecular weight is 498 g/mol. The highest BCUT2D eigenvalue weighted by atomic mass is 32.1. The van der Waals surface area contributed by atoms with Gasteiger partial charge in [0.1, 0.15) is 10.0 Å². The Morgan fingerprint density at radius 2 is 1.09 bits per heavy atom. The number of nitro groups is 1. The van der Waals surface area contributed by atoms with Crippen molar-refractivity contribution in [1.82, 2.24) is 9.97 Å². The third kappa shape index (κ3) is 8.29. The SMILES string of the molecule is CCCCC.CCCCC.Cc1ccc(-c2nc3sc(-c4ccc([N+](=O)[O-])cc4)nc3s2)cc1. The second-order valence-electron chi connectivity index (χ2n) is 8.03. The fourth-order valence-electron chi connectivity index (χ4n) is 3.02. The van der Waals surface area contributed by atoms with E-state index in [1.165, 1.54) is 67.6 Å². The standard InChI is InChI=1S/C17H11N3O2S2.2C5H12/c1-10-2-4-11(5-3-10)14-18-16-17(23-14)19-15(24-16)12-6-8-13(9-7-12)20(21)22;2*1-3-5-4-2/h2-9H,1H3;2*3-5H2,1-2H3. The van der Waals surface area contributed by atoms with Crippen LogP contribution >= 0.6 is 22.7 Å². The highest BCUT2D eigenvalue weighted by Crippen LogP contribution is 2.36. The Kier molecular flexibility index (Phi) is 11.8. The van der Waals surface area contributed by atoms with E-state index in [0.29, 0.717) is 0 Å². The van der Waals surface area contributed by atoms with E-state index in [0.717, 1.165) is 30.8 Å². The normalized spacial score (nSPS) is 10.3. The fraction of sp³-hybridized carbons (Fsp3) is 0.407. The van der Waals surface area contributed by atoms with Gasteiger partial charge < -0.3 is 0 Å². The fourth-order valence-corrected chi connectivity index (χ4v) is 5.07. The molecule has 0 N–H and O–H groups in total. The molecule has 0 aliphatic heterocycles. The van der Waals surface area contributed by atoms with Crippen molar-refractivity contribution < 1.29 is 4.92 Å². The smallest absolute Gasteiger partial charge is 0.258 e. The van der Waals surface area contributed by atoms with Gasteiger partial charge in [-0.05, 0) is 19.1 Å². The first-order chi connectivity index (χ1) is 16.4. The van der Waals surface area contributed by atoms with Crippen molar-refractivity contribution >= 4 is 38.0 Å². The van der Waals surface area contributed by atoms with E-state index >= 15 is 0 Å². The summed E-state index contributed by atoms with van der Waals surface area (Å²) in [6.45, 7) is 10.9. The Morgan fingerprint density at radius 1 is 0.706 bits per heavy atom. The van der Waals surface area contributed by atoms with Gasteiger partial charge in [0.25, 0.3) is 5.69 Å². The molecule has 4 aromatic rings. The van der Waals surface area contributed by atoms with Crippen LogP contribution in [-0.4, -0.2) is 14.9 Å². The Balaban J connectivity index is 0.000000347. The van der Waals surface area contributed by atoms with Crippen molar-refractivity contribution in [2.24, 2.45) is 0 Å². The summed E-state index contributed by atoms with van der Waals surface area (Å²) in [4.78, 5) is 21.4. The van der Waals surface area contributed by atoms with Gasteiger partial charge in [0.05, 0.1) is 4.92 Å². The van der Waals surface area contributed by atoms with E-state index in [1.54, 1.807) is 23.5 Å². The van der Waals surface area contributed by atoms with Gasteiger partial charge in [0.15, 0.2) is 9.66 Å². The average Bonchev–Trinajstić information content (AvgIpc) is 3.41. The summed E-state index contributed by atoms with van der Waals surface area (Å²) in [6.07, 6.45) is 8.15. The first kappa shape index (κ1) is 27.6. The Morgan fingerprint density at radius 3 is 1.41 bits per heavy atom. The summed E-state index contributed by atoms with van der Waals surface area (Å²) < 4.78 is 0. The lowest BCUT2D eigenvalue weighted by Gasteiger charge is -1.97. The lowest BCUT2D eigenvalue weighted by molar-refractivity contribution is -0.384. The maximum Gasteiger partial charge on any atom is 0.269 e. The van der Waals surface area contributed by atoms with Gasteiger partial charge >= 0.3 is 0 Å². The van der Waals surface area contributed by atoms with Crippen molar-refractivity contribution in [2.45, 2.75) is 73.1 Å². The highest BCUT2D eigenvalue weighted by molar-refractivity contribution is 7.29. The third-order valence-corrected chi connectivity index (χ3v) is 7.14. The molecule has 4 rings (SSSR count). The minimum Gasteiger partial charge on any atom is -0.258 e. The number of thiazole rings is 2. The zero-order valence-electron chi connectivity index (χ0n) is 20.8. The zero-order valence-corrected chi connectivity index (χ0v) is 22.5. The molecule has 5 nitrogen and oxygen atoms in total. The zero-order chi connectivity index (χ0) is 24.9. The number of aromatic nitrogens is 2. The minimum atomic E-state index is -0.403. The van der Waals surface area contributed by atoms with Crippen LogP contribution in [0.5, 0.6) is 0 Å². The number of unbranched alkanes of at least 4 members (excludes halogenated alkanes) is 4. The summed E-state index contributed by atoms with van der Waals surface area (Å²) in [6, 6.07) is 14.7. The highest BCUT2D eigenvalue weighted by Gasteiger charge is 2.14. The van der Waals surface area contributed by atoms with Gasteiger partial charge in [-0.2, -0.15) is 0 Å². The van der Waals surface area contributed by atoms with E-state index < -0.39 is 4.92 Å². The van der Waals surface area contributed by atoms with Crippen LogP contribution in [-0.2, 0) is 0 Å². The lowest BCUT2D eigenvalue weighted by atomic mass is 10.2. The van der Waals surface area contributed by atoms with E-state index in [-0.39, 0.29) is 5.69 Å². The minimum absolute atomic E-state index is 0.0805. The molecule has 2 aromatic carbocycles. The molecule has 0 amide bonds. The largest absolute Gasteiger partial charge is 0.269 e. The van der Waals surface area contributed by atoms with Crippen molar-refractivity contribution in [1.29, 1.82) is 0 Å². The van der Waals surface area contributed by atoms with Crippen LogP contribution in [0.15, 0.2) is 48.5 Å². The number of aryl methyl sites for hydroxylation is 1. The van der Waals surface area contributed by atoms with Crippen LogP contribution in [0.3, 0.4) is 0 Å². The van der Waals surface area contributed by atoms with Gasteiger partial charge in [0.2, 0.25) is 0 Å². The number of nitrogens with zero attached hydrogens (tertiary/aromatic N) is 3. The number of benzene rings is 2. The van der Waals surface area contributed by atoms with Crippen LogP contribution < -0.4 is 0 Å². The molecule has 2 aromatic heterocycles. The van der Waals surface area contributed by atoms with E-state index in [2.05, 4.69) is 68.9 Å². The maximum absolute atomic E-state index is 10.7. The number of non-ortho nitro benzene ring substituents is 1. The third-order valence-electron chi connectivity index (χ3n) is 5.01. The topological polar surface area (TPSA) is 68.9 Å². The second kappa shape index (κ2) is 14.6. The van der Waals surface area contributed by atoms with E-state index in [4.69, 9.17) is 0 Å². The first-order valence-electron chi connectivity index (χ1n) is 12.0.